The molecule has 0 spiro atoms. The Balaban J connectivity index is 1.79. The molecular formula is C17H28N2O. The van der Waals surface area contributed by atoms with Gasteiger partial charge >= 0.3 is 0 Å². The number of aryl methyl sites for hydroxylation is 1. The first-order valence-electron chi connectivity index (χ1n) is 7.87. The molecule has 112 valence electrons. The number of pyridine rings is 1. The fourth-order valence-electron chi connectivity index (χ4n) is 3.09. The van der Waals surface area contributed by atoms with Crippen molar-refractivity contribution in [3.63, 3.8) is 0 Å². The van der Waals surface area contributed by atoms with Crippen molar-refractivity contribution in [2.24, 2.45) is 11.8 Å². The van der Waals surface area contributed by atoms with Crippen molar-refractivity contribution >= 4 is 0 Å². The number of aliphatic hydroxyl groups excluding tert-OH is 1. The molecule has 0 bridgehead atoms. The number of hydrogen-bond donors (Lipinski definition) is 1. The molecule has 1 aliphatic heterocycles. The second kappa shape index (κ2) is 7.19. The number of hydrogen-bond acceptors (Lipinski definition) is 3. The molecule has 3 heteroatoms. The molecule has 0 aliphatic carbocycles. The Morgan fingerprint density at radius 2 is 2.00 bits per heavy atom. The SMILES string of the molecule is Cc1cccc(CN2CCC(C(O)CC(C)C)CC2)n1. The molecule has 1 aromatic rings. The highest BCUT2D eigenvalue weighted by atomic mass is 16.3. The van der Waals surface area contributed by atoms with Crippen LogP contribution in [0.5, 0.6) is 0 Å². The fourth-order valence-corrected chi connectivity index (χ4v) is 3.09. The average molecular weight is 276 g/mol. The number of nitrogens with zero attached hydrogens (tertiary/aromatic N) is 2. The van der Waals surface area contributed by atoms with Crippen molar-refractivity contribution in [1.82, 2.24) is 9.88 Å². The van der Waals surface area contributed by atoms with Crippen molar-refractivity contribution in [2.75, 3.05) is 13.1 Å². The molecular weight excluding hydrogens is 248 g/mol. The lowest BCUT2D eigenvalue weighted by Crippen LogP contribution is -2.37. The first kappa shape index (κ1) is 15.5. The lowest BCUT2D eigenvalue weighted by molar-refractivity contribution is 0.0434. The summed E-state index contributed by atoms with van der Waals surface area (Å²) in [5.41, 5.74) is 2.25. The van der Waals surface area contributed by atoms with E-state index in [9.17, 15) is 5.11 Å². The summed E-state index contributed by atoms with van der Waals surface area (Å²) in [5, 5.41) is 10.2. The topological polar surface area (TPSA) is 36.4 Å². The molecule has 1 fully saturated rings. The van der Waals surface area contributed by atoms with Gasteiger partial charge < -0.3 is 5.11 Å². The largest absolute Gasteiger partial charge is 0.393 e. The van der Waals surface area contributed by atoms with Crippen LogP contribution in [-0.4, -0.2) is 34.2 Å². The minimum Gasteiger partial charge on any atom is -0.393 e. The standard InChI is InChI=1S/C17H28N2O/c1-13(2)11-17(20)15-7-9-19(10-8-15)12-16-6-4-5-14(3)18-16/h4-6,13,15,17,20H,7-12H2,1-3H3. The smallest absolute Gasteiger partial charge is 0.0571 e. The van der Waals surface area contributed by atoms with E-state index in [4.69, 9.17) is 0 Å². The Morgan fingerprint density at radius 3 is 2.60 bits per heavy atom. The molecule has 1 unspecified atom stereocenters. The van der Waals surface area contributed by atoms with Gasteiger partial charge in [0.25, 0.3) is 0 Å². The van der Waals surface area contributed by atoms with Crippen molar-refractivity contribution in [2.45, 2.75) is 52.7 Å². The highest BCUT2D eigenvalue weighted by molar-refractivity contribution is 5.09. The van der Waals surface area contributed by atoms with E-state index in [2.05, 4.69) is 35.9 Å². The van der Waals surface area contributed by atoms with Crippen molar-refractivity contribution in [1.29, 1.82) is 0 Å². The number of rotatable bonds is 5. The van der Waals surface area contributed by atoms with Crippen LogP contribution in [0.3, 0.4) is 0 Å². The molecule has 0 radical (unpaired) electrons. The summed E-state index contributed by atoms with van der Waals surface area (Å²) < 4.78 is 0. The van der Waals surface area contributed by atoms with Gasteiger partial charge in [0.15, 0.2) is 0 Å². The predicted molar refractivity (Wildman–Crippen MR) is 82.4 cm³/mol. The monoisotopic (exact) mass is 276 g/mol. The summed E-state index contributed by atoms with van der Waals surface area (Å²) >= 11 is 0. The maximum atomic E-state index is 10.2. The quantitative estimate of drug-likeness (QED) is 0.898. The van der Waals surface area contributed by atoms with E-state index >= 15 is 0 Å². The zero-order chi connectivity index (χ0) is 14.5. The molecule has 3 nitrogen and oxygen atoms in total. The van der Waals surface area contributed by atoms with Crippen LogP contribution in [0.15, 0.2) is 18.2 Å². The van der Waals surface area contributed by atoms with E-state index in [-0.39, 0.29) is 6.10 Å². The molecule has 0 aromatic carbocycles. The molecule has 0 amide bonds. The normalized spacial score (nSPS) is 19.4. The minimum absolute atomic E-state index is 0.116. The first-order chi connectivity index (χ1) is 9.54. The van der Waals surface area contributed by atoms with Gasteiger partial charge in [-0.15, -0.1) is 0 Å². The van der Waals surface area contributed by atoms with Crippen molar-refractivity contribution < 1.29 is 5.11 Å². The van der Waals surface area contributed by atoms with E-state index in [1.807, 2.05) is 13.0 Å². The van der Waals surface area contributed by atoms with E-state index in [0.717, 1.165) is 50.3 Å². The van der Waals surface area contributed by atoms with E-state index in [1.54, 1.807) is 0 Å². The highest BCUT2D eigenvalue weighted by Gasteiger charge is 2.25. The van der Waals surface area contributed by atoms with Gasteiger partial charge in [0.1, 0.15) is 0 Å². The predicted octanol–water partition coefficient (Wildman–Crippen LogP) is 3.01. The van der Waals surface area contributed by atoms with Crippen molar-refractivity contribution in [3.05, 3.63) is 29.6 Å². The number of aliphatic hydroxyl groups is 1. The lowest BCUT2D eigenvalue weighted by Gasteiger charge is -2.34. The Hall–Kier alpha value is -0.930. The van der Waals surface area contributed by atoms with Crippen LogP contribution in [-0.2, 0) is 6.54 Å². The first-order valence-corrected chi connectivity index (χ1v) is 7.87. The maximum Gasteiger partial charge on any atom is 0.0571 e. The molecule has 2 heterocycles. The molecule has 20 heavy (non-hydrogen) atoms. The van der Waals surface area contributed by atoms with Crippen LogP contribution in [0, 0.1) is 18.8 Å². The van der Waals surface area contributed by atoms with Gasteiger partial charge in [-0.05, 0) is 63.2 Å². The highest BCUT2D eigenvalue weighted by Crippen LogP contribution is 2.25. The van der Waals surface area contributed by atoms with E-state index in [1.165, 1.54) is 0 Å². The van der Waals surface area contributed by atoms with Crippen LogP contribution in [0.2, 0.25) is 0 Å². The zero-order valence-electron chi connectivity index (χ0n) is 13.0. The van der Waals surface area contributed by atoms with Gasteiger partial charge in [0, 0.05) is 12.2 Å². The van der Waals surface area contributed by atoms with Gasteiger partial charge in [-0.25, -0.2) is 0 Å². The molecule has 1 aromatic heterocycles. The van der Waals surface area contributed by atoms with Gasteiger partial charge in [-0.1, -0.05) is 19.9 Å². The van der Waals surface area contributed by atoms with Gasteiger partial charge in [-0.2, -0.15) is 0 Å². The Bertz CT molecular complexity index is 411. The Kier molecular flexibility index (Phi) is 5.55. The van der Waals surface area contributed by atoms with E-state index < -0.39 is 0 Å². The number of piperidine rings is 1. The zero-order valence-corrected chi connectivity index (χ0v) is 13.0. The van der Waals surface area contributed by atoms with E-state index in [0.29, 0.717) is 11.8 Å². The summed E-state index contributed by atoms with van der Waals surface area (Å²) in [5.74, 6) is 1.07. The summed E-state index contributed by atoms with van der Waals surface area (Å²) in [6.45, 7) is 9.50. The van der Waals surface area contributed by atoms with Crippen LogP contribution < -0.4 is 0 Å². The number of aromatic nitrogens is 1. The van der Waals surface area contributed by atoms with Crippen molar-refractivity contribution in [3.8, 4) is 0 Å². The third-order valence-corrected chi connectivity index (χ3v) is 4.22. The molecule has 1 saturated heterocycles. The third-order valence-electron chi connectivity index (χ3n) is 4.22. The second-order valence-electron chi connectivity index (χ2n) is 6.58. The van der Waals surface area contributed by atoms with Crippen LogP contribution in [0.1, 0.15) is 44.5 Å². The van der Waals surface area contributed by atoms with Crippen LogP contribution in [0.4, 0.5) is 0 Å². The fraction of sp³-hybridized carbons (Fsp3) is 0.706. The Morgan fingerprint density at radius 1 is 1.30 bits per heavy atom. The van der Waals surface area contributed by atoms with Gasteiger partial charge in [-0.3, -0.25) is 9.88 Å². The second-order valence-corrected chi connectivity index (χ2v) is 6.58. The summed E-state index contributed by atoms with van der Waals surface area (Å²) in [6.07, 6.45) is 3.04. The van der Waals surface area contributed by atoms with Gasteiger partial charge in [0.05, 0.1) is 11.8 Å². The van der Waals surface area contributed by atoms with Crippen LogP contribution >= 0.6 is 0 Å². The van der Waals surface area contributed by atoms with Gasteiger partial charge in [0.2, 0.25) is 0 Å². The van der Waals surface area contributed by atoms with Crippen LogP contribution in [0.25, 0.3) is 0 Å². The maximum absolute atomic E-state index is 10.2. The lowest BCUT2D eigenvalue weighted by atomic mass is 9.87. The summed E-state index contributed by atoms with van der Waals surface area (Å²) in [7, 11) is 0. The molecule has 1 aliphatic rings. The molecule has 1 N–H and O–H groups in total. The summed E-state index contributed by atoms with van der Waals surface area (Å²) in [4.78, 5) is 7.03. The number of likely N-dealkylation sites (tertiary alicyclic amines) is 1. The molecule has 2 rings (SSSR count). The third kappa shape index (κ3) is 4.57. The summed E-state index contributed by atoms with van der Waals surface area (Å²) in [6, 6.07) is 6.22. The molecule has 0 saturated carbocycles. The minimum atomic E-state index is -0.116. The Labute approximate surface area is 123 Å². The average Bonchev–Trinajstić information content (AvgIpc) is 2.38. The molecule has 1 atom stereocenters.